The average Bonchev–Trinajstić information content (AvgIpc) is 3.41. The summed E-state index contributed by atoms with van der Waals surface area (Å²) in [5.74, 6) is -2.20. The molecule has 1 aromatic carbocycles. The topological polar surface area (TPSA) is 138 Å². The van der Waals surface area contributed by atoms with Crippen molar-refractivity contribution in [2.24, 2.45) is 10.9 Å². The van der Waals surface area contributed by atoms with Crippen LogP contribution in [0.5, 0.6) is 0 Å². The minimum Gasteiger partial charge on any atom is -0.480 e. The van der Waals surface area contributed by atoms with Crippen molar-refractivity contribution in [2.75, 3.05) is 19.9 Å². The fraction of sp³-hybridized carbons (Fsp3) is 0.417. The highest BCUT2D eigenvalue weighted by Crippen LogP contribution is 2.41. The second-order valence-electron chi connectivity index (χ2n) is 9.03. The molecule has 1 unspecified atom stereocenters. The zero-order chi connectivity index (χ0) is 27.6. The van der Waals surface area contributed by atoms with Crippen molar-refractivity contribution >= 4 is 50.7 Å². The Morgan fingerprint density at radius 1 is 1.29 bits per heavy atom. The van der Waals surface area contributed by atoms with Gasteiger partial charge in [-0.05, 0) is 43.7 Å². The van der Waals surface area contributed by atoms with E-state index in [0.29, 0.717) is 47.8 Å². The first-order chi connectivity index (χ1) is 18.0. The first kappa shape index (κ1) is 28.1. The molecule has 2 aromatic rings. The van der Waals surface area contributed by atoms with Gasteiger partial charge in [-0.1, -0.05) is 17.7 Å². The van der Waals surface area contributed by atoms with Crippen LogP contribution in [-0.4, -0.2) is 66.5 Å². The third kappa shape index (κ3) is 6.06. The molecule has 38 heavy (non-hydrogen) atoms. The predicted molar refractivity (Wildman–Crippen MR) is 140 cm³/mol. The van der Waals surface area contributed by atoms with Gasteiger partial charge < -0.3 is 15.2 Å². The maximum Gasteiger partial charge on any atom is 0.338 e. The number of benzene rings is 1. The van der Waals surface area contributed by atoms with Crippen LogP contribution in [-0.2, 0) is 24.3 Å². The van der Waals surface area contributed by atoms with Gasteiger partial charge in [-0.3, -0.25) is 9.79 Å². The highest BCUT2D eigenvalue weighted by atomic mass is 35.5. The second kappa shape index (κ2) is 11.5. The first-order valence-corrected chi connectivity index (χ1v) is 14.8. The largest absolute Gasteiger partial charge is 0.480 e. The fourth-order valence-electron chi connectivity index (χ4n) is 4.92. The number of carboxylic acid groups (broad SMARTS) is 1. The Morgan fingerprint density at radius 3 is 2.55 bits per heavy atom. The Labute approximate surface area is 228 Å². The number of ether oxygens (including phenoxy) is 1. The zero-order valence-corrected chi connectivity index (χ0v) is 22.9. The molecule has 1 atom stereocenters. The van der Waals surface area contributed by atoms with E-state index in [1.165, 1.54) is 30.6 Å². The Bertz CT molecular complexity index is 1390. The Kier molecular flexibility index (Phi) is 8.50. The smallest absolute Gasteiger partial charge is 0.338 e. The Morgan fingerprint density at radius 2 is 2.00 bits per heavy atom. The number of hydrogen-bond acceptors (Lipinski definition) is 9. The number of carbonyl (C=O) groups is 2. The minimum absolute atomic E-state index is 0.0982. The van der Waals surface area contributed by atoms with Crippen LogP contribution in [0.4, 0.5) is 4.39 Å². The van der Waals surface area contributed by atoms with Gasteiger partial charge in [-0.2, -0.15) is 4.31 Å². The van der Waals surface area contributed by atoms with E-state index < -0.39 is 46.4 Å². The zero-order valence-electron chi connectivity index (χ0n) is 20.6. The van der Waals surface area contributed by atoms with Crippen molar-refractivity contribution in [3.8, 4) is 0 Å². The van der Waals surface area contributed by atoms with Gasteiger partial charge in [0, 0.05) is 33.9 Å². The van der Waals surface area contributed by atoms with Crippen LogP contribution in [0.3, 0.4) is 0 Å². The number of nitrogens with zero attached hydrogens (tertiary/aromatic N) is 3. The maximum absolute atomic E-state index is 13.8. The predicted octanol–water partition coefficient (Wildman–Crippen LogP) is 3.36. The number of aliphatic imine (C=N–C) groups is 1. The molecule has 1 fully saturated rings. The molecule has 1 aliphatic carbocycles. The van der Waals surface area contributed by atoms with E-state index in [1.807, 2.05) is 0 Å². The second-order valence-corrected chi connectivity index (χ2v) is 12.3. The Balaban J connectivity index is 1.73. The number of nitrogens with one attached hydrogen (secondary N) is 1. The lowest BCUT2D eigenvalue weighted by atomic mass is 9.80. The van der Waals surface area contributed by atoms with E-state index in [4.69, 9.17) is 21.3 Å². The SMILES string of the molecule is COC(=O)C1=C([C@H]2CC[C@@H](N(CC(=O)O)S(C)(=O)=O)CC2)NC(c2nccs2)=NC1c1ccc(F)cc1Cl. The minimum atomic E-state index is -3.74. The summed E-state index contributed by atoms with van der Waals surface area (Å²) < 4.78 is 44.5. The number of rotatable bonds is 8. The van der Waals surface area contributed by atoms with Crippen LogP contribution in [0.2, 0.25) is 5.02 Å². The molecule has 2 heterocycles. The van der Waals surface area contributed by atoms with Crippen LogP contribution >= 0.6 is 22.9 Å². The third-order valence-corrected chi connectivity index (χ3v) is 8.99. The number of carbonyl (C=O) groups excluding carboxylic acids is 1. The van der Waals surface area contributed by atoms with E-state index in [0.717, 1.165) is 16.6 Å². The molecule has 2 aliphatic rings. The van der Waals surface area contributed by atoms with Crippen molar-refractivity contribution in [2.45, 2.75) is 37.8 Å². The quantitative estimate of drug-likeness (QED) is 0.451. The molecule has 1 aliphatic heterocycles. The van der Waals surface area contributed by atoms with Gasteiger partial charge in [0.2, 0.25) is 10.0 Å². The van der Waals surface area contributed by atoms with Gasteiger partial charge in [0.05, 0.1) is 18.9 Å². The standard InChI is InChI=1S/C24H26ClFN4O6S2/c1-36-24(33)19-20(13-3-6-15(7-4-13)30(12-18(31)32)38(2,34)35)28-22(23-27-9-10-37-23)29-21(19)16-8-5-14(26)11-17(16)25/h5,8-11,13,15,21H,3-4,6-7,12H2,1-2H3,(H,28,29)(H,31,32)/t13-,15+,21?. The van der Waals surface area contributed by atoms with Crippen molar-refractivity contribution in [1.82, 2.24) is 14.6 Å². The number of halogens is 2. The number of hydrogen-bond donors (Lipinski definition) is 2. The summed E-state index contributed by atoms with van der Waals surface area (Å²) >= 11 is 7.74. The van der Waals surface area contributed by atoms with E-state index in [2.05, 4.69) is 10.3 Å². The van der Waals surface area contributed by atoms with Crippen LogP contribution in [0.25, 0.3) is 0 Å². The van der Waals surface area contributed by atoms with Crippen molar-refractivity contribution in [3.63, 3.8) is 0 Å². The fourth-order valence-corrected chi connectivity index (χ4v) is 6.88. The summed E-state index contributed by atoms with van der Waals surface area (Å²) in [5, 5.41) is 14.9. The molecule has 1 aromatic heterocycles. The van der Waals surface area contributed by atoms with E-state index >= 15 is 0 Å². The van der Waals surface area contributed by atoms with E-state index in [9.17, 15) is 27.5 Å². The van der Waals surface area contributed by atoms with Crippen LogP contribution < -0.4 is 5.32 Å². The summed E-state index contributed by atoms with van der Waals surface area (Å²) in [6.45, 7) is -0.617. The maximum atomic E-state index is 13.8. The van der Waals surface area contributed by atoms with Crippen LogP contribution in [0, 0.1) is 11.7 Å². The van der Waals surface area contributed by atoms with Gasteiger partial charge in [-0.15, -0.1) is 11.3 Å². The molecular formula is C24H26ClFN4O6S2. The highest BCUT2D eigenvalue weighted by molar-refractivity contribution is 7.88. The monoisotopic (exact) mass is 584 g/mol. The molecule has 0 amide bonds. The number of methoxy groups -OCH3 is 1. The molecule has 204 valence electrons. The van der Waals surface area contributed by atoms with Gasteiger partial charge in [-0.25, -0.2) is 22.6 Å². The molecule has 14 heteroatoms. The lowest BCUT2D eigenvalue weighted by Crippen LogP contribution is -2.45. The molecule has 0 saturated heterocycles. The van der Waals surface area contributed by atoms with Gasteiger partial charge in [0.1, 0.15) is 18.4 Å². The normalized spacial score (nSPS) is 22.1. The number of carboxylic acids is 1. The molecule has 0 bridgehead atoms. The van der Waals surface area contributed by atoms with Gasteiger partial charge in [0.15, 0.2) is 10.8 Å². The molecule has 0 spiro atoms. The number of aliphatic carboxylic acids is 1. The van der Waals surface area contributed by atoms with Crippen molar-refractivity contribution in [1.29, 1.82) is 0 Å². The lowest BCUT2D eigenvalue weighted by Gasteiger charge is -2.37. The highest BCUT2D eigenvalue weighted by Gasteiger charge is 2.39. The number of allylic oxidation sites excluding steroid dienone is 1. The summed E-state index contributed by atoms with van der Waals surface area (Å²) in [5.41, 5.74) is 1.18. The number of aromatic nitrogens is 1. The van der Waals surface area contributed by atoms with Crippen LogP contribution in [0.15, 0.2) is 46.0 Å². The third-order valence-electron chi connectivity index (χ3n) is 6.60. The summed E-state index contributed by atoms with van der Waals surface area (Å²) in [6, 6.07) is 2.48. The molecule has 10 nitrogen and oxygen atoms in total. The first-order valence-electron chi connectivity index (χ1n) is 11.7. The average molecular weight is 585 g/mol. The number of thiazole rings is 1. The molecule has 1 saturated carbocycles. The molecule has 0 radical (unpaired) electrons. The number of esters is 1. The summed E-state index contributed by atoms with van der Waals surface area (Å²) in [7, 11) is -2.49. The van der Waals surface area contributed by atoms with E-state index in [1.54, 1.807) is 11.6 Å². The van der Waals surface area contributed by atoms with Gasteiger partial charge >= 0.3 is 11.9 Å². The van der Waals surface area contributed by atoms with Crippen LogP contribution in [0.1, 0.15) is 42.3 Å². The van der Waals surface area contributed by atoms with Gasteiger partial charge in [0.25, 0.3) is 0 Å². The molecular weight excluding hydrogens is 559 g/mol. The van der Waals surface area contributed by atoms with Crippen molar-refractivity contribution in [3.05, 3.63) is 62.5 Å². The van der Waals surface area contributed by atoms with E-state index in [-0.39, 0.29) is 16.5 Å². The number of sulfonamides is 1. The summed E-state index contributed by atoms with van der Waals surface area (Å²) in [4.78, 5) is 33.5. The number of amidine groups is 1. The van der Waals surface area contributed by atoms with Crippen molar-refractivity contribution < 1.29 is 32.2 Å². The lowest BCUT2D eigenvalue weighted by molar-refractivity contribution is -0.138. The summed E-state index contributed by atoms with van der Waals surface area (Å²) in [6.07, 6.45) is 4.32. The molecule has 2 N–H and O–H groups in total. The molecule has 4 rings (SSSR count). The Hall–Kier alpha value is -2.87.